The molecule has 1 aromatic carbocycles. The van der Waals surface area contributed by atoms with E-state index in [0.29, 0.717) is 49.0 Å². The van der Waals surface area contributed by atoms with E-state index >= 15 is 0 Å². The number of rotatable bonds is 8. The van der Waals surface area contributed by atoms with E-state index in [-0.39, 0.29) is 48.3 Å². The zero-order valence-electron chi connectivity index (χ0n) is 20.7. The molecule has 3 N–H and O–H groups in total. The predicted molar refractivity (Wildman–Crippen MR) is 132 cm³/mol. The van der Waals surface area contributed by atoms with Crippen molar-refractivity contribution in [3.8, 4) is 5.75 Å². The third-order valence-corrected chi connectivity index (χ3v) is 7.42. The van der Waals surface area contributed by atoms with Crippen LogP contribution in [0.1, 0.15) is 60.5 Å². The van der Waals surface area contributed by atoms with Gasteiger partial charge in [-0.25, -0.2) is 4.98 Å². The summed E-state index contributed by atoms with van der Waals surface area (Å²) in [5.74, 6) is 1.55. The molecule has 0 radical (unpaired) electrons. The van der Waals surface area contributed by atoms with Crippen molar-refractivity contribution in [1.82, 2.24) is 15.3 Å². The van der Waals surface area contributed by atoms with Gasteiger partial charge >= 0.3 is 6.18 Å². The number of halogens is 3. The van der Waals surface area contributed by atoms with Crippen LogP contribution >= 0.6 is 0 Å². The summed E-state index contributed by atoms with van der Waals surface area (Å²) in [5, 5.41) is 15.8. The van der Waals surface area contributed by atoms with Gasteiger partial charge < -0.3 is 25.4 Å². The van der Waals surface area contributed by atoms with Crippen molar-refractivity contribution in [2.45, 2.75) is 63.9 Å². The Bertz CT molecular complexity index is 1130. The Hall–Kier alpha value is -3.08. The van der Waals surface area contributed by atoms with Gasteiger partial charge in [-0.2, -0.15) is 18.2 Å². The maximum atomic E-state index is 13.6. The maximum Gasteiger partial charge on any atom is 0.419 e. The predicted octanol–water partition coefficient (Wildman–Crippen LogP) is 4.00. The van der Waals surface area contributed by atoms with Crippen LogP contribution in [0.2, 0.25) is 0 Å². The number of nitrogens with zero attached hydrogens (tertiary/aromatic N) is 3. The largest absolute Gasteiger partial charge is 0.493 e. The summed E-state index contributed by atoms with van der Waals surface area (Å²) in [7, 11) is 0. The third kappa shape index (κ3) is 5.92. The molecule has 2 heterocycles. The molecule has 0 bridgehead atoms. The SMILES string of the molecule is CCOc1ccc(CNc2nc(N3CC4CC4C3)ncc2C(=O)N[C@H]2CC[C@H](O)CC2)cc1C(F)(F)F. The molecule has 8 nitrogen and oxygen atoms in total. The number of ether oxygens (including phenoxy) is 1. The monoisotopic (exact) mass is 519 g/mol. The molecule has 1 aliphatic heterocycles. The number of anilines is 2. The van der Waals surface area contributed by atoms with Gasteiger partial charge in [0, 0.05) is 31.9 Å². The van der Waals surface area contributed by atoms with Crippen LogP contribution in [0.4, 0.5) is 24.9 Å². The first-order chi connectivity index (χ1) is 17.7. The Morgan fingerprint density at radius 2 is 1.92 bits per heavy atom. The van der Waals surface area contributed by atoms with Gasteiger partial charge in [-0.05, 0) is 68.6 Å². The van der Waals surface area contributed by atoms with Gasteiger partial charge in [0.25, 0.3) is 5.91 Å². The fourth-order valence-electron chi connectivity index (χ4n) is 5.25. The van der Waals surface area contributed by atoms with Crippen molar-refractivity contribution in [2.24, 2.45) is 11.8 Å². The van der Waals surface area contributed by atoms with Crippen molar-refractivity contribution in [3.05, 3.63) is 41.1 Å². The smallest absolute Gasteiger partial charge is 0.419 e. The molecule has 2 aliphatic carbocycles. The van der Waals surface area contributed by atoms with E-state index in [1.165, 1.54) is 18.7 Å². The number of aliphatic hydroxyl groups excluding tert-OH is 1. The highest BCUT2D eigenvalue weighted by Gasteiger charge is 2.46. The zero-order chi connectivity index (χ0) is 26.2. The summed E-state index contributed by atoms with van der Waals surface area (Å²) in [5.41, 5.74) is -0.224. The number of aromatic nitrogens is 2. The second-order valence-electron chi connectivity index (χ2n) is 10.2. The van der Waals surface area contributed by atoms with Gasteiger partial charge in [0.15, 0.2) is 0 Å². The standard InChI is InChI=1S/C26H32F3N5O3/c1-2-37-22-8-3-15(9-21(22)26(27,28)29)11-30-23-20(24(36)32-18-4-6-19(35)7-5-18)12-31-25(33-23)34-13-16-10-17(16)14-34/h3,8-9,12,16-19,35H,2,4-7,10-11,13-14H2,1H3,(H,32,36)(H,30,31,33)/t16?,17?,18-,19-. The van der Waals surface area contributed by atoms with Gasteiger partial charge in [-0.15, -0.1) is 0 Å². The van der Waals surface area contributed by atoms with Gasteiger partial charge in [-0.3, -0.25) is 4.79 Å². The molecule has 3 fully saturated rings. The topological polar surface area (TPSA) is 99.6 Å². The molecule has 37 heavy (non-hydrogen) atoms. The second kappa shape index (κ2) is 10.4. The Balaban J connectivity index is 1.36. The highest BCUT2D eigenvalue weighted by Crippen LogP contribution is 2.45. The van der Waals surface area contributed by atoms with Gasteiger partial charge in [0.1, 0.15) is 17.1 Å². The van der Waals surface area contributed by atoms with E-state index in [2.05, 4.69) is 25.5 Å². The number of fused-ring (bicyclic) bond motifs is 1. The van der Waals surface area contributed by atoms with Crippen molar-refractivity contribution in [3.63, 3.8) is 0 Å². The Kier molecular flexibility index (Phi) is 7.15. The molecule has 3 aliphatic rings. The van der Waals surface area contributed by atoms with Gasteiger partial charge in [-0.1, -0.05) is 6.07 Å². The lowest BCUT2D eigenvalue weighted by atomic mass is 9.93. The zero-order valence-corrected chi connectivity index (χ0v) is 20.7. The van der Waals surface area contributed by atoms with E-state index < -0.39 is 11.7 Å². The Morgan fingerprint density at radius 1 is 1.19 bits per heavy atom. The molecule has 200 valence electrons. The molecule has 11 heteroatoms. The number of benzene rings is 1. The minimum Gasteiger partial charge on any atom is -0.493 e. The first-order valence-corrected chi connectivity index (χ1v) is 12.9. The van der Waals surface area contributed by atoms with Crippen LogP contribution in [0, 0.1) is 11.8 Å². The average Bonchev–Trinajstić information content (AvgIpc) is 3.48. The van der Waals surface area contributed by atoms with Crippen molar-refractivity contribution in [2.75, 3.05) is 29.9 Å². The van der Waals surface area contributed by atoms with Crippen LogP contribution in [-0.4, -0.2) is 52.8 Å². The van der Waals surface area contributed by atoms with Crippen LogP contribution in [0.25, 0.3) is 0 Å². The summed E-state index contributed by atoms with van der Waals surface area (Å²) < 4.78 is 46.0. The van der Waals surface area contributed by atoms with Crippen LogP contribution in [0.3, 0.4) is 0 Å². The number of hydrogen-bond acceptors (Lipinski definition) is 7. The van der Waals surface area contributed by atoms with Crippen LogP contribution in [-0.2, 0) is 12.7 Å². The number of carbonyl (C=O) groups is 1. The Labute approximate surface area is 213 Å². The van der Waals surface area contributed by atoms with Crippen molar-refractivity contribution < 1.29 is 27.8 Å². The lowest BCUT2D eigenvalue weighted by Gasteiger charge is -2.26. The lowest BCUT2D eigenvalue weighted by molar-refractivity contribution is -0.139. The molecule has 2 saturated carbocycles. The number of piperidine rings is 1. The van der Waals surface area contributed by atoms with Crippen LogP contribution in [0.5, 0.6) is 5.75 Å². The number of nitrogens with one attached hydrogen (secondary N) is 2. The number of carbonyl (C=O) groups excluding carboxylic acids is 1. The molecule has 1 amide bonds. The highest BCUT2D eigenvalue weighted by atomic mass is 19.4. The van der Waals surface area contributed by atoms with E-state index in [9.17, 15) is 23.1 Å². The minimum absolute atomic E-state index is 0.0348. The number of amides is 1. The summed E-state index contributed by atoms with van der Waals surface area (Å²) in [6.45, 7) is 3.53. The second-order valence-corrected chi connectivity index (χ2v) is 10.2. The normalized spacial score (nSPS) is 24.9. The number of aliphatic hydroxyl groups is 1. The van der Waals surface area contributed by atoms with Crippen LogP contribution < -0.4 is 20.3 Å². The summed E-state index contributed by atoms with van der Waals surface area (Å²) in [6, 6.07) is 3.88. The van der Waals surface area contributed by atoms with E-state index in [0.717, 1.165) is 19.2 Å². The summed E-state index contributed by atoms with van der Waals surface area (Å²) in [4.78, 5) is 24.3. The average molecular weight is 520 g/mol. The molecule has 2 atom stereocenters. The van der Waals surface area contributed by atoms with Crippen molar-refractivity contribution in [1.29, 1.82) is 0 Å². The fraction of sp³-hybridized carbons (Fsp3) is 0.577. The maximum absolute atomic E-state index is 13.6. The summed E-state index contributed by atoms with van der Waals surface area (Å²) >= 11 is 0. The third-order valence-electron chi connectivity index (χ3n) is 7.42. The quantitative estimate of drug-likeness (QED) is 0.485. The first-order valence-electron chi connectivity index (χ1n) is 12.9. The van der Waals surface area contributed by atoms with Gasteiger partial charge in [0.2, 0.25) is 5.95 Å². The molecular weight excluding hydrogens is 487 g/mol. The van der Waals surface area contributed by atoms with E-state index in [1.54, 1.807) is 13.0 Å². The Morgan fingerprint density at radius 3 is 2.59 bits per heavy atom. The minimum atomic E-state index is -4.56. The molecule has 1 saturated heterocycles. The number of alkyl halides is 3. The van der Waals surface area contributed by atoms with Crippen LogP contribution in [0.15, 0.2) is 24.4 Å². The molecule has 0 spiro atoms. The lowest BCUT2D eigenvalue weighted by Crippen LogP contribution is -2.39. The molecule has 2 aromatic rings. The number of hydrogen-bond donors (Lipinski definition) is 3. The first kappa shape index (κ1) is 25.6. The molecular formula is C26H32F3N5O3. The van der Waals surface area contributed by atoms with Crippen molar-refractivity contribution >= 4 is 17.7 Å². The van der Waals surface area contributed by atoms with Gasteiger partial charge in [0.05, 0.1) is 18.3 Å². The molecule has 1 aromatic heterocycles. The van der Waals surface area contributed by atoms with E-state index in [1.807, 2.05) is 0 Å². The summed E-state index contributed by atoms with van der Waals surface area (Å²) in [6.07, 6.45) is 0.422. The fourth-order valence-corrected chi connectivity index (χ4v) is 5.25. The van der Waals surface area contributed by atoms with E-state index in [4.69, 9.17) is 4.74 Å². The highest BCUT2D eigenvalue weighted by molar-refractivity contribution is 5.98. The molecule has 5 rings (SSSR count). The molecule has 2 unspecified atom stereocenters.